The lowest BCUT2D eigenvalue weighted by Gasteiger charge is -2.32. The van der Waals surface area contributed by atoms with Crippen LogP contribution in [0.15, 0.2) is 24.3 Å². The van der Waals surface area contributed by atoms with E-state index >= 15 is 0 Å². The molecule has 0 saturated carbocycles. The molecule has 0 radical (unpaired) electrons. The van der Waals surface area contributed by atoms with Gasteiger partial charge in [0.05, 0.1) is 13.2 Å². The van der Waals surface area contributed by atoms with E-state index in [1.807, 2.05) is 0 Å². The van der Waals surface area contributed by atoms with Crippen LogP contribution in [0, 0.1) is 0 Å². The van der Waals surface area contributed by atoms with Crippen LogP contribution >= 0.6 is 11.6 Å². The maximum absolute atomic E-state index is 12.5. The fourth-order valence-electron chi connectivity index (χ4n) is 2.02. The first-order chi connectivity index (χ1) is 9.75. The van der Waals surface area contributed by atoms with E-state index in [0.29, 0.717) is 10.6 Å². The summed E-state index contributed by atoms with van der Waals surface area (Å²) in [7, 11) is 0. The molecule has 3 nitrogen and oxygen atoms in total. The van der Waals surface area contributed by atoms with Gasteiger partial charge in [-0.1, -0.05) is 30.7 Å². The lowest BCUT2D eigenvalue weighted by Crippen LogP contribution is -2.52. The maximum Gasteiger partial charge on any atom is 0.401 e. The summed E-state index contributed by atoms with van der Waals surface area (Å²) < 4.78 is 42.5. The third kappa shape index (κ3) is 4.61. The molecule has 0 fully saturated rings. The highest BCUT2D eigenvalue weighted by molar-refractivity contribution is 6.30. The van der Waals surface area contributed by atoms with Crippen LogP contribution in [0.4, 0.5) is 13.2 Å². The van der Waals surface area contributed by atoms with Crippen molar-refractivity contribution < 1.29 is 22.7 Å². The second-order valence-electron chi connectivity index (χ2n) is 4.46. The first-order valence-electron chi connectivity index (χ1n) is 6.50. The fraction of sp³-hybridized carbons (Fsp3) is 0.500. The Morgan fingerprint density at radius 1 is 1.33 bits per heavy atom. The van der Waals surface area contributed by atoms with Crippen LogP contribution in [0.25, 0.3) is 0 Å². The summed E-state index contributed by atoms with van der Waals surface area (Å²) in [4.78, 5) is 12.2. The normalized spacial score (nSPS) is 14.6. The topological polar surface area (TPSA) is 38.3 Å². The Labute approximate surface area is 126 Å². The van der Waals surface area contributed by atoms with Crippen molar-refractivity contribution in [1.82, 2.24) is 5.32 Å². The number of nitrogens with one attached hydrogen (secondary N) is 1. The summed E-state index contributed by atoms with van der Waals surface area (Å²) >= 11 is 5.88. The van der Waals surface area contributed by atoms with Gasteiger partial charge >= 0.3 is 12.1 Å². The van der Waals surface area contributed by atoms with E-state index in [1.165, 1.54) is 6.07 Å². The van der Waals surface area contributed by atoms with E-state index in [-0.39, 0.29) is 13.0 Å². The van der Waals surface area contributed by atoms with Gasteiger partial charge in [0, 0.05) is 5.02 Å². The van der Waals surface area contributed by atoms with Crippen molar-refractivity contribution in [3.63, 3.8) is 0 Å². The van der Waals surface area contributed by atoms with Crippen LogP contribution < -0.4 is 5.32 Å². The highest BCUT2D eigenvalue weighted by Crippen LogP contribution is 2.30. The Hall–Kier alpha value is -1.27. The maximum atomic E-state index is 12.5. The number of rotatable bonds is 6. The van der Waals surface area contributed by atoms with Crippen molar-refractivity contribution in [3.05, 3.63) is 34.9 Å². The quantitative estimate of drug-likeness (QED) is 0.812. The SMILES string of the molecule is CCOC(=O)C(CC)(NCC(F)(F)F)c1cccc(Cl)c1. The largest absolute Gasteiger partial charge is 0.464 e. The summed E-state index contributed by atoms with van der Waals surface area (Å²) in [6.45, 7) is 1.99. The van der Waals surface area contributed by atoms with Crippen molar-refractivity contribution >= 4 is 17.6 Å². The first kappa shape index (κ1) is 17.8. The number of ether oxygens (including phenoxy) is 1. The molecule has 0 heterocycles. The number of esters is 1. The molecule has 0 aromatic heterocycles. The van der Waals surface area contributed by atoms with Crippen LogP contribution in [0.2, 0.25) is 5.02 Å². The molecule has 1 unspecified atom stereocenters. The monoisotopic (exact) mass is 323 g/mol. The highest BCUT2D eigenvalue weighted by atomic mass is 35.5. The van der Waals surface area contributed by atoms with Crippen molar-refractivity contribution in [2.75, 3.05) is 13.2 Å². The minimum absolute atomic E-state index is 0.0782. The van der Waals surface area contributed by atoms with Crippen molar-refractivity contribution in [2.45, 2.75) is 32.0 Å². The second kappa shape index (κ2) is 7.13. The Balaban J connectivity index is 3.22. The van der Waals surface area contributed by atoms with Gasteiger partial charge in [-0.25, -0.2) is 4.79 Å². The average Bonchev–Trinajstić information content (AvgIpc) is 2.39. The van der Waals surface area contributed by atoms with Crippen LogP contribution in [0.1, 0.15) is 25.8 Å². The van der Waals surface area contributed by atoms with E-state index in [2.05, 4.69) is 5.32 Å². The lowest BCUT2D eigenvalue weighted by atomic mass is 9.87. The smallest absolute Gasteiger partial charge is 0.401 e. The highest BCUT2D eigenvalue weighted by Gasteiger charge is 2.43. The van der Waals surface area contributed by atoms with Crippen molar-refractivity contribution in [1.29, 1.82) is 0 Å². The number of alkyl halides is 3. The predicted molar refractivity (Wildman–Crippen MR) is 74.1 cm³/mol. The van der Waals surface area contributed by atoms with E-state index in [1.54, 1.807) is 32.0 Å². The molecular formula is C14H17ClF3NO2. The third-order valence-electron chi connectivity index (χ3n) is 3.06. The summed E-state index contributed by atoms with van der Waals surface area (Å²) in [5, 5.41) is 2.63. The molecule has 0 aliphatic rings. The van der Waals surface area contributed by atoms with Gasteiger partial charge in [0.1, 0.15) is 5.54 Å². The summed E-state index contributed by atoms with van der Waals surface area (Å²) in [5.74, 6) is -0.751. The van der Waals surface area contributed by atoms with Crippen LogP contribution in [-0.2, 0) is 15.1 Å². The van der Waals surface area contributed by atoms with Gasteiger partial charge in [0.2, 0.25) is 0 Å². The number of carbonyl (C=O) groups excluding carboxylic acids is 1. The number of benzene rings is 1. The first-order valence-corrected chi connectivity index (χ1v) is 6.88. The zero-order valence-electron chi connectivity index (χ0n) is 11.8. The predicted octanol–water partition coefficient (Wildman–Crippen LogP) is 3.66. The fourth-order valence-corrected chi connectivity index (χ4v) is 2.22. The third-order valence-corrected chi connectivity index (χ3v) is 3.30. The number of hydrogen-bond acceptors (Lipinski definition) is 3. The van der Waals surface area contributed by atoms with E-state index in [4.69, 9.17) is 16.3 Å². The molecule has 0 bridgehead atoms. The van der Waals surface area contributed by atoms with E-state index in [9.17, 15) is 18.0 Å². The molecule has 0 aliphatic carbocycles. The van der Waals surface area contributed by atoms with Crippen LogP contribution in [0.3, 0.4) is 0 Å². The molecule has 21 heavy (non-hydrogen) atoms. The molecule has 0 saturated heterocycles. The van der Waals surface area contributed by atoms with Gasteiger partial charge in [0.25, 0.3) is 0 Å². The Morgan fingerprint density at radius 2 is 2.00 bits per heavy atom. The molecule has 1 aromatic carbocycles. The molecule has 118 valence electrons. The average molecular weight is 324 g/mol. The second-order valence-corrected chi connectivity index (χ2v) is 4.89. The van der Waals surface area contributed by atoms with Gasteiger partial charge in [-0.05, 0) is 31.0 Å². The van der Waals surface area contributed by atoms with E-state index in [0.717, 1.165) is 0 Å². The van der Waals surface area contributed by atoms with Gasteiger partial charge < -0.3 is 4.74 Å². The number of hydrogen-bond donors (Lipinski definition) is 1. The molecule has 1 aromatic rings. The lowest BCUT2D eigenvalue weighted by molar-refractivity contribution is -0.156. The van der Waals surface area contributed by atoms with Gasteiger partial charge in [0.15, 0.2) is 0 Å². The minimum Gasteiger partial charge on any atom is -0.464 e. The van der Waals surface area contributed by atoms with Gasteiger partial charge in [-0.15, -0.1) is 0 Å². The van der Waals surface area contributed by atoms with Gasteiger partial charge in [-0.3, -0.25) is 5.32 Å². The number of carbonyl (C=O) groups is 1. The van der Waals surface area contributed by atoms with E-state index < -0.39 is 24.2 Å². The Kier molecular flexibility index (Phi) is 6.04. The minimum atomic E-state index is -4.44. The van der Waals surface area contributed by atoms with Crippen LogP contribution in [-0.4, -0.2) is 25.3 Å². The molecule has 0 spiro atoms. The molecular weight excluding hydrogens is 307 g/mol. The summed E-state index contributed by atoms with van der Waals surface area (Å²) in [5.41, 5.74) is -1.23. The summed E-state index contributed by atoms with van der Waals surface area (Å²) in [6, 6.07) is 6.18. The zero-order chi connectivity index (χ0) is 16.1. The number of halogens is 4. The molecule has 0 amide bonds. The molecule has 0 aliphatic heterocycles. The zero-order valence-corrected chi connectivity index (χ0v) is 12.5. The van der Waals surface area contributed by atoms with Crippen molar-refractivity contribution in [3.8, 4) is 0 Å². The standard InChI is InChI=1S/C14H17ClF3NO2/c1-3-13(12(20)21-4-2,19-9-14(16,17)18)10-6-5-7-11(15)8-10/h5-8,19H,3-4,9H2,1-2H3. The van der Waals surface area contributed by atoms with Gasteiger partial charge in [-0.2, -0.15) is 13.2 Å². The van der Waals surface area contributed by atoms with Crippen LogP contribution in [0.5, 0.6) is 0 Å². The molecule has 7 heteroatoms. The molecule has 1 atom stereocenters. The Bertz CT molecular complexity index is 493. The molecule has 1 N–H and O–H groups in total. The van der Waals surface area contributed by atoms with Crippen molar-refractivity contribution in [2.24, 2.45) is 0 Å². The Morgan fingerprint density at radius 3 is 2.48 bits per heavy atom. The summed E-state index contributed by atoms with van der Waals surface area (Å²) in [6.07, 6.45) is -4.34. The molecule has 1 rings (SSSR count).